The van der Waals surface area contributed by atoms with Crippen molar-refractivity contribution in [3.8, 4) is 0 Å². The van der Waals surface area contributed by atoms with Crippen LogP contribution in [-0.4, -0.2) is 105 Å². The van der Waals surface area contributed by atoms with Crippen LogP contribution in [0.3, 0.4) is 0 Å². The van der Waals surface area contributed by atoms with Crippen LogP contribution in [0.1, 0.15) is 0 Å². The molecule has 20 heavy (non-hydrogen) atoms. The molecule has 2 saturated heterocycles. The molecule has 0 aliphatic carbocycles. The van der Waals surface area contributed by atoms with Crippen LogP contribution in [0.4, 0.5) is 4.79 Å². The van der Waals surface area contributed by atoms with E-state index in [-0.39, 0.29) is 12.1 Å². The smallest absolute Gasteiger partial charge is 0.320 e. The fraction of sp³-hybridized carbons (Fsp3) is 0.846. The first-order chi connectivity index (χ1) is 9.60. The van der Waals surface area contributed by atoms with Crippen molar-refractivity contribution in [2.24, 2.45) is 0 Å². The molecule has 1 atom stereocenters. The lowest BCUT2D eigenvalue weighted by Crippen LogP contribution is -2.56. The first-order valence-electron chi connectivity index (χ1n) is 7.09. The van der Waals surface area contributed by atoms with Gasteiger partial charge in [0.25, 0.3) is 0 Å². The van der Waals surface area contributed by atoms with Gasteiger partial charge in [0.15, 0.2) is 0 Å². The Morgan fingerprint density at radius 2 is 1.90 bits per heavy atom. The quantitative estimate of drug-likeness (QED) is 0.633. The highest BCUT2D eigenvalue weighted by Gasteiger charge is 2.29. The zero-order chi connectivity index (χ0) is 14.5. The summed E-state index contributed by atoms with van der Waals surface area (Å²) < 4.78 is 5.68. The molecule has 0 spiro atoms. The van der Waals surface area contributed by atoms with E-state index in [0.29, 0.717) is 45.9 Å². The van der Waals surface area contributed by atoms with E-state index in [1.165, 1.54) is 0 Å². The summed E-state index contributed by atoms with van der Waals surface area (Å²) in [4.78, 5) is 30.6. The van der Waals surface area contributed by atoms with Crippen LogP contribution in [0.25, 0.3) is 0 Å². The van der Waals surface area contributed by atoms with Gasteiger partial charge in [-0.25, -0.2) is 4.79 Å². The van der Waals surface area contributed by atoms with Crippen LogP contribution in [0.15, 0.2) is 0 Å². The number of hydrogen-bond acceptors (Lipinski definition) is 4. The highest BCUT2D eigenvalue weighted by molar-refractivity contribution is 5.75. The van der Waals surface area contributed by atoms with E-state index >= 15 is 0 Å². The number of ether oxygens (including phenoxy) is 1. The van der Waals surface area contributed by atoms with Crippen molar-refractivity contribution in [3.63, 3.8) is 0 Å². The van der Waals surface area contributed by atoms with Crippen LogP contribution in [-0.2, 0) is 9.53 Å². The topological polar surface area (TPSA) is 56.3 Å². The predicted octanol–water partition coefficient (Wildman–Crippen LogP) is -0.857. The molecule has 2 aliphatic heterocycles. The monoisotopic (exact) mass is 284 g/mol. The van der Waals surface area contributed by atoms with E-state index in [1.807, 2.05) is 23.9 Å². The summed E-state index contributed by atoms with van der Waals surface area (Å²) in [6.07, 6.45) is 0.933. The minimum Gasteiger partial charge on any atom is -0.373 e. The first-order valence-corrected chi connectivity index (χ1v) is 7.09. The zero-order valence-corrected chi connectivity index (χ0v) is 12.3. The number of morpholine rings is 1. The third kappa shape index (κ3) is 3.83. The molecule has 7 nitrogen and oxygen atoms in total. The molecule has 1 unspecified atom stereocenters. The van der Waals surface area contributed by atoms with Crippen molar-refractivity contribution < 1.29 is 14.3 Å². The summed E-state index contributed by atoms with van der Waals surface area (Å²) in [7, 11) is 4.01. The number of piperazine rings is 1. The Balaban J connectivity index is 1.84. The maximum absolute atomic E-state index is 12.5. The van der Waals surface area contributed by atoms with Gasteiger partial charge in [0.1, 0.15) is 0 Å². The number of urea groups is 1. The second-order valence-electron chi connectivity index (χ2n) is 5.61. The first kappa shape index (κ1) is 15.1. The van der Waals surface area contributed by atoms with Crippen molar-refractivity contribution in [2.75, 3.05) is 66.5 Å². The van der Waals surface area contributed by atoms with E-state index in [2.05, 4.69) is 4.90 Å². The molecule has 7 heteroatoms. The van der Waals surface area contributed by atoms with Crippen LogP contribution in [0, 0.1) is 0 Å². The summed E-state index contributed by atoms with van der Waals surface area (Å²) in [5.41, 5.74) is 0. The molecule has 2 rings (SSSR count). The molecule has 0 aromatic heterocycles. The Kier molecular flexibility index (Phi) is 5.19. The van der Waals surface area contributed by atoms with Gasteiger partial charge >= 0.3 is 6.03 Å². The van der Waals surface area contributed by atoms with Crippen LogP contribution < -0.4 is 0 Å². The number of carbonyl (C=O) groups is 2. The van der Waals surface area contributed by atoms with Crippen molar-refractivity contribution in [2.45, 2.75) is 6.10 Å². The molecule has 2 fully saturated rings. The van der Waals surface area contributed by atoms with Gasteiger partial charge in [0.2, 0.25) is 6.41 Å². The summed E-state index contributed by atoms with van der Waals surface area (Å²) in [6, 6.07) is 0.0719. The second kappa shape index (κ2) is 6.90. The Morgan fingerprint density at radius 1 is 1.20 bits per heavy atom. The molecule has 0 aromatic carbocycles. The van der Waals surface area contributed by atoms with Crippen LogP contribution in [0.2, 0.25) is 0 Å². The average Bonchev–Trinajstić information content (AvgIpc) is 2.46. The van der Waals surface area contributed by atoms with Gasteiger partial charge < -0.3 is 24.3 Å². The average molecular weight is 284 g/mol. The molecule has 114 valence electrons. The Hall–Kier alpha value is -1.34. The number of amides is 3. The lowest BCUT2D eigenvalue weighted by atomic mass is 10.2. The van der Waals surface area contributed by atoms with E-state index in [0.717, 1.165) is 13.0 Å². The maximum atomic E-state index is 12.5. The minimum atomic E-state index is 0.0719. The normalized spacial score (nSPS) is 24.1. The van der Waals surface area contributed by atoms with Crippen LogP contribution >= 0.6 is 0 Å². The standard InChI is InChI=1S/C13H24N4O3/c1-14(2)9-12-10-17(7-8-20-12)13(19)16-5-3-15(11-18)4-6-16/h11-12H,3-10H2,1-2H3. The summed E-state index contributed by atoms with van der Waals surface area (Å²) in [5.74, 6) is 0. The lowest BCUT2D eigenvalue weighted by molar-refractivity contribution is -0.119. The zero-order valence-electron chi connectivity index (χ0n) is 12.3. The Bertz CT molecular complexity index is 343. The third-order valence-electron chi connectivity index (χ3n) is 3.71. The minimum absolute atomic E-state index is 0.0719. The second-order valence-corrected chi connectivity index (χ2v) is 5.61. The molecule has 0 saturated carbocycles. The molecule has 2 aliphatic rings. The highest BCUT2D eigenvalue weighted by atomic mass is 16.5. The Morgan fingerprint density at radius 3 is 2.50 bits per heavy atom. The molecule has 0 N–H and O–H groups in total. The van der Waals surface area contributed by atoms with Crippen molar-refractivity contribution in [1.29, 1.82) is 0 Å². The Labute approximate surface area is 120 Å². The molecule has 0 radical (unpaired) electrons. The maximum Gasteiger partial charge on any atom is 0.320 e. The van der Waals surface area contributed by atoms with Crippen molar-refractivity contribution >= 4 is 12.4 Å². The fourth-order valence-corrected chi connectivity index (χ4v) is 2.63. The number of hydrogen-bond donors (Lipinski definition) is 0. The number of nitrogens with zero attached hydrogens (tertiary/aromatic N) is 4. The van der Waals surface area contributed by atoms with Gasteiger partial charge in [-0.2, -0.15) is 0 Å². The molecule has 0 aromatic rings. The molecule has 0 bridgehead atoms. The van der Waals surface area contributed by atoms with Gasteiger partial charge in [-0.1, -0.05) is 0 Å². The van der Waals surface area contributed by atoms with E-state index < -0.39 is 0 Å². The van der Waals surface area contributed by atoms with Gasteiger partial charge in [-0.15, -0.1) is 0 Å². The number of carbonyl (C=O) groups excluding carboxylic acids is 2. The predicted molar refractivity (Wildman–Crippen MR) is 74.5 cm³/mol. The highest BCUT2D eigenvalue weighted by Crippen LogP contribution is 2.11. The van der Waals surface area contributed by atoms with Crippen molar-refractivity contribution in [3.05, 3.63) is 0 Å². The largest absolute Gasteiger partial charge is 0.373 e. The summed E-state index contributed by atoms with van der Waals surface area (Å²) in [6.45, 7) is 5.20. The van der Waals surface area contributed by atoms with E-state index in [1.54, 1.807) is 4.90 Å². The fourth-order valence-electron chi connectivity index (χ4n) is 2.63. The van der Waals surface area contributed by atoms with Crippen LogP contribution in [0.5, 0.6) is 0 Å². The lowest BCUT2D eigenvalue weighted by Gasteiger charge is -2.39. The van der Waals surface area contributed by atoms with Gasteiger partial charge in [0.05, 0.1) is 12.7 Å². The molecule has 3 amide bonds. The SMILES string of the molecule is CN(C)CC1CN(C(=O)N2CCN(C=O)CC2)CCO1. The number of likely N-dealkylation sites (N-methyl/N-ethyl adjacent to an activating group) is 1. The van der Waals surface area contributed by atoms with Gasteiger partial charge in [-0.05, 0) is 14.1 Å². The van der Waals surface area contributed by atoms with E-state index in [4.69, 9.17) is 4.74 Å². The van der Waals surface area contributed by atoms with E-state index in [9.17, 15) is 9.59 Å². The van der Waals surface area contributed by atoms with Gasteiger partial charge in [-0.3, -0.25) is 4.79 Å². The molecular formula is C13H24N4O3. The number of rotatable bonds is 3. The third-order valence-corrected chi connectivity index (χ3v) is 3.71. The summed E-state index contributed by atoms with van der Waals surface area (Å²) in [5, 5.41) is 0. The molecule has 2 heterocycles. The summed E-state index contributed by atoms with van der Waals surface area (Å²) >= 11 is 0. The molecular weight excluding hydrogens is 260 g/mol. The van der Waals surface area contributed by atoms with Crippen molar-refractivity contribution in [1.82, 2.24) is 19.6 Å². The van der Waals surface area contributed by atoms with Gasteiger partial charge in [0, 0.05) is 45.8 Å².